The van der Waals surface area contributed by atoms with Crippen molar-refractivity contribution in [1.82, 2.24) is 5.32 Å². The molecular weight excluding hydrogens is 550 g/mol. The monoisotopic (exact) mass is 575 g/mol. The first-order chi connectivity index (χ1) is 19.8. The lowest BCUT2D eigenvalue weighted by molar-refractivity contribution is -0.384. The van der Waals surface area contributed by atoms with Gasteiger partial charge < -0.3 is 29.4 Å². The number of methoxy groups -OCH3 is 1. The van der Waals surface area contributed by atoms with Gasteiger partial charge in [0.05, 0.1) is 42.2 Å². The van der Waals surface area contributed by atoms with E-state index in [-0.39, 0.29) is 22.1 Å². The zero-order valence-corrected chi connectivity index (χ0v) is 22.7. The molecule has 2 amide bonds. The largest absolute Gasteiger partial charge is 0.494 e. The zero-order chi connectivity index (χ0) is 28.9. The SMILES string of the molecule is COc1cc(NC(=S)NC(=O)c2cc([N+](=O)[O-])ccc2N2CCOCC2)ccc1NC(=O)c1cc2ccccc2o1. The van der Waals surface area contributed by atoms with Crippen molar-refractivity contribution >= 4 is 62.9 Å². The van der Waals surface area contributed by atoms with Gasteiger partial charge in [0.15, 0.2) is 10.9 Å². The number of furan rings is 1. The van der Waals surface area contributed by atoms with Gasteiger partial charge in [0, 0.05) is 42.4 Å². The number of nitrogens with one attached hydrogen (secondary N) is 3. The highest BCUT2D eigenvalue weighted by molar-refractivity contribution is 7.80. The lowest BCUT2D eigenvalue weighted by Gasteiger charge is -2.30. The van der Waals surface area contributed by atoms with Gasteiger partial charge in [0.25, 0.3) is 17.5 Å². The molecule has 2 heterocycles. The average molecular weight is 576 g/mol. The number of nitro benzene ring substituents is 1. The van der Waals surface area contributed by atoms with E-state index in [1.54, 1.807) is 36.4 Å². The van der Waals surface area contributed by atoms with E-state index in [2.05, 4.69) is 16.0 Å². The van der Waals surface area contributed by atoms with E-state index in [1.807, 2.05) is 23.1 Å². The molecule has 1 saturated heterocycles. The zero-order valence-electron chi connectivity index (χ0n) is 21.8. The van der Waals surface area contributed by atoms with Gasteiger partial charge in [-0.05, 0) is 42.5 Å². The maximum Gasteiger partial charge on any atom is 0.291 e. The Morgan fingerprint density at radius 2 is 1.78 bits per heavy atom. The number of thiocarbonyl (C=S) groups is 1. The summed E-state index contributed by atoms with van der Waals surface area (Å²) < 4.78 is 16.4. The summed E-state index contributed by atoms with van der Waals surface area (Å²) in [6.45, 7) is 2.04. The number of non-ortho nitro benzene ring substituents is 1. The summed E-state index contributed by atoms with van der Waals surface area (Å²) in [7, 11) is 1.45. The van der Waals surface area contributed by atoms with Gasteiger partial charge in [0.2, 0.25) is 0 Å². The molecule has 0 unspecified atom stereocenters. The van der Waals surface area contributed by atoms with E-state index in [0.717, 1.165) is 5.39 Å². The number of amides is 2. The molecule has 0 spiro atoms. The van der Waals surface area contributed by atoms with Crippen LogP contribution in [-0.2, 0) is 4.74 Å². The van der Waals surface area contributed by atoms with Crippen LogP contribution in [-0.4, -0.2) is 55.3 Å². The summed E-state index contributed by atoms with van der Waals surface area (Å²) in [5.41, 5.74) is 1.92. The van der Waals surface area contributed by atoms with Crippen molar-refractivity contribution in [1.29, 1.82) is 0 Å². The fourth-order valence-electron chi connectivity index (χ4n) is 4.38. The van der Waals surface area contributed by atoms with E-state index in [9.17, 15) is 19.7 Å². The summed E-state index contributed by atoms with van der Waals surface area (Å²) in [6, 6.07) is 17.9. The number of hydrogen-bond donors (Lipinski definition) is 3. The van der Waals surface area contributed by atoms with Crippen LogP contribution in [0.25, 0.3) is 11.0 Å². The van der Waals surface area contributed by atoms with E-state index >= 15 is 0 Å². The number of carbonyl (C=O) groups excluding carboxylic acids is 2. The Kier molecular flexibility index (Phi) is 8.08. The average Bonchev–Trinajstić information content (AvgIpc) is 3.42. The molecule has 210 valence electrons. The molecule has 13 heteroatoms. The van der Waals surface area contributed by atoms with Crippen LogP contribution in [0.2, 0.25) is 0 Å². The van der Waals surface area contributed by atoms with Crippen LogP contribution < -0.4 is 25.6 Å². The van der Waals surface area contributed by atoms with Crippen LogP contribution in [0.4, 0.5) is 22.7 Å². The Labute approximate surface area is 239 Å². The van der Waals surface area contributed by atoms with Crippen molar-refractivity contribution in [2.45, 2.75) is 0 Å². The quantitative estimate of drug-likeness (QED) is 0.163. The second-order valence-electron chi connectivity index (χ2n) is 8.98. The lowest BCUT2D eigenvalue weighted by atomic mass is 10.1. The number of morpholine rings is 1. The number of nitrogens with zero attached hydrogens (tertiary/aromatic N) is 2. The van der Waals surface area contributed by atoms with Gasteiger partial charge in [0.1, 0.15) is 11.3 Å². The van der Waals surface area contributed by atoms with Crippen LogP contribution in [0, 0.1) is 10.1 Å². The summed E-state index contributed by atoms with van der Waals surface area (Å²) in [4.78, 5) is 38.7. The molecule has 4 aromatic rings. The van der Waals surface area contributed by atoms with Crippen LogP contribution in [0.5, 0.6) is 5.75 Å². The third-order valence-electron chi connectivity index (χ3n) is 6.37. The standard InChI is InChI=1S/C28H25N5O7S/c1-38-24-15-18(6-8-21(24)30-27(35)25-14-17-4-2-3-5-23(17)40-25)29-28(41)31-26(34)20-16-19(33(36)37)7-9-22(20)32-10-12-39-13-11-32/h2-9,14-16H,10-13H2,1H3,(H,30,35)(H2,29,31,34,41). The van der Waals surface area contributed by atoms with Crippen LogP contribution in [0.3, 0.4) is 0 Å². The number of nitro groups is 1. The summed E-state index contributed by atoms with van der Waals surface area (Å²) >= 11 is 5.34. The Balaban J connectivity index is 1.28. The number of para-hydroxylation sites is 1. The van der Waals surface area contributed by atoms with Crippen LogP contribution >= 0.6 is 12.2 Å². The molecule has 5 rings (SSSR count). The van der Waals surface area contributed by atoms with Gasteiger partial charge in [-0.3, -0.25) is 25.0 Å². The summed E-state index contributed by atoms with van der Waals surface area (Å²) in [6.07, 6.45) is 0. The molecule has 0 radical (unpaired) electrons. The maximum absolute atomic E-state index is 13.2. The Hall–Kier alpha value is -5.01. The highest BCUT2D eigenvalue weighted by Crippen LogP contribution is 2.30. The van der Waals surface area contributed by atoms with Crippen molar-refractivity contribution in [2.75, 3.05) is 48.9 Å². The van der Waals surface area contributed by atoms with E-state index < -0.39 is 16.7 Å². The fraction of sp³-hybridized carbons (Fsp3) is 0.179. The van der Waals surface area contributed by atoms with Crippen molar-refractivity contribution in [3.63, 3.8) is 0 Å². The third kappa shape index (κ3) is 6.26. The van der Waals surface area contributed by atoms with E-state index in [4.69, 9.17) is 26.1 Å². The molecule has 41 heavy (non-hydrogen) atoms. The minimum absolute atomic E-state index is 0.0319. The second-order valence-corrected chi connectivity index (χ2v) is 9.39. The molecular formula is C28H25N5O7S. The number of anilines is 3. The van der Waals surface area contributed by atoms with Gasteiger partial charge in [-0.2, -0.15) is 0 Å². The number of benzene rings is 3. The van der Waals surface area contributed by atoms with Crippen LogP contribution in [0.15, 0.2) is 71.1 Å². The smallest absolute Gasteiger partial charge is 0.291 e. The molecule has 0 aliphatic carbocycles. The minimum atomic E-state index is -0.602. The molecule has 12 nitrogen and oxygen atoms in total. The van der Waals surface area contributed by atoms with Gasteiger partial charge in [-0.1, -0.05) is 18.2 Å². The Morgan fingerprint density at radius 1 is 1.00 bits per heavy atom. The molecule has 1 aromatic heterocycles. The van der Waals surface area contributed by atoms with E-state index in [0.29, 0.717) is 54.7 Å². The van der Waals surface area contributed by atoms with E-state index in [1.165, 1.54) is 19.2 Å². The van der Waals surface area contributed by atoms with Crippen molar-refractivity contribution in [3.8, 4) is 5.75 Å². The highest BCUT2D eigenvalue weighted by Gasteiger charge is 2.23. The fourth-order valence-corrected chi connectivity index (χ4v) is 4.59. The molecule has 0 atom stereocenters. The molecule has 3 aromatic carbocycles. The Morgan fingerprint density at radius 3 is 2.51 bits per heavy atom. The van der Waals surface area contributed by atoms with Gasteiger partial charge in [-0.25, -0.2) is 0 Å². The summed E-state index contributed by atoms with van der Waals surface area (Å²) in [5.74, 6) is -0.566. The lowest BCUT2D eigenvalue weighted by Crippen LogP contribution is -2.39. The van der Waals surface area contributed by atoms with Crippen molar-refractivity contribution in [2.24, 2.45) is 0 Å². The van der Waals surface area contributed by atoms with Crippen molar-refractivity contribution < 1.29 is 28.4 Å². The predicted octanol–water partition coefficient (Wildman–Crippen LogP) is 4.57. The topological polar surface area (TPSA) is 148 Å². The second kappa shape index (κ2) is 12.0. The maximum atomic E-state index is 13.2. The Bertz CT molecular complexity index is 1620. The van der Waals surface area contributed by atoms with Gasteiger partial charge >= 0.3 is 0 Å². The number of rotatable bonds is 7. The first kappa shape index (κ1) is 27.6. The first-order valence-corrected chi connectivity index (χ1v) is 12.9. The molecule has 3 N–H and O–H groups in total. The van der Waals surface area contributed by atoms with Crippen LogP contribution in [0.1, 0.15) is 20.9 Å². The first-order valence-electron chi connectivity index (χ1n) is 12.5. The third-order valence-corrected chi connectivity index (χ3v) is 6.58. The predicted molar refractivity (Wildman–Crippen MR) is 157 cm³/mol. The summed E-state index contributed by atoms with van der Waals surface area (Å²) in [5, 5.41) is 20.4. The molecule has 0 bridgehead atoms. The number of fused-ring (bicyclic) bond motifs is 1. The molecule has 1 aliphatic heterocycles. The number of hydrogen-bond acceptors (Lipinski definition) is 9. The van der Waals surface area contributed by atoms with Crippen molar-refractivity contribution in [3.05, 3.63) is 88.2 Å². The molecule has 1 fully saturated rings. The van der Waals surface area contributed by atoms with Gasteiger partial charge in [-0.15, -0.1) is 0 Å². The molecule has 1 aliphatic rings. The number of ether oxygens (including phenoxy) is 2. The highest BCUT2D eigenvalue weighted by atomic mass is 32.1. The minimum Gasteiger partial charge on any atom is -0.494 e. The number of carbonyl (C=O) groups is 2. The molecule has 0 saturated carbocycles. The normalized spacial score (nSPS) is 13.0.